The Morgan fingerprint density at radius 3 is 2.04 bits per heavy atom. The van der Waals surface area contributed by atoms with Gasteiger partial charge >= 0.3 is 0 Å². The SMILES string of the molecule is CN1CCC[C@H](NC(=O)Cc2ccc(-c3ccccc3)cc2)C(=O)N2C[C@@H](NC(=O)C(c3ccccc3)c3ccccc3)C[C@H]2COc2cccc(c2)C1=O. The third-order valence-electron chi connectivity index (χ3n) is 10.5. The molecule has 1 fully saturated rings. The molecule has 2 bridgehead atoms. The average Bonchev–Trinajstić information content (AvgIpc) is 3.62. The van der Waals surface area contributed by atoms with E-state index in [1.807, 2.05) is 115 Å². The number of nitrogens with zero attached hydrogens (tertiary/aromatic N) is 2. The van der Waals surface area contributed by atoms with E-state index in [1.165, 1.54) is 0 Å². The summed E-state index contributed by atoms with van der Waals surface area (Å²) in [5, 5.41) is 6.31. The van der Waals surface area contributed by atoms with Crippen LogP contribution in [0.4, 0.5) is 0 Å². The van der Waals surface area contributed by atoms with Crippen molar-refractivity contribution in [2.75, 3.05) is 26.7 Å². The Morgan fingerprint density at radius 2 is 1.36 bits per heavy atom. The van der Waals surface area contributed by atoms with Crippen LogP contribution in [0.3, 0.4) is 0 Å². The molecule has 9 heteroatoms. The van der Waals surface area contributed by atoms with Gasteiger partial charge < -0.3 is 25.2 Å². The maximum absolute atomic E-state index is 14.6. The van der Waals surface area contributed by atoms with Gasteiger partial charge in [-0.15, -0.1) is 0 Å². The predicted octanol–water partition coefficient (Wildman–Crippen LogP) is 6.24. The number of hydrogen-bond donors (Lipinski definition) is 2. The van der Waals surface area contributed by atoms with Crippen LogP contribution >= 0.6 is 0 Å². The van der Waals surface area contributed by atoms with Gasteiger partial charge in [-0.25, -0.2) is 0 Å². The van der Waals surface area contributed by atoms with Crippen LogP contribution in [0.1, 0.15) is 52.2 Å². The highest BCUT2D eigenvalue weighted by Crippen LogP contribution is 2.28. The second-order valence-corrected chi connectivity index (χ2v) is 14.4. The summed E-state index contributed by atoms with van der Waals surface area (Å²) >= 11 is 0. The summed E-state index contributed by atoms with van der Waals surface area (Å²) in [7, 11) is 1.73. The lowest BCUT2D eigenvalue weighted by molar-refractivity contribution is -0.138. The van der Waals surface area contributed by atoms with Crippen molar-refractivity contribution >= 4 is 23.6 Å². The highest BCUT2D eigenvalue weighted by atomic mass is 16.5. The van der Waals surface area contributed by atoms with E-state index in [2.05, 4.69) is 10.6 Å². The molecule has 7 rings (SSSR count). The second kappa shape index (κ2) is 17.3. The lowest BCUT2D eigenvalue weighted by atomic mass is 9.90. The molecule has 2 heterocycles. The van der Waals surface area contributed by atoms with E-state index in [0.717, 1.165) is 27.8 Å². The molecule has 0 aliphatic carbocycles. The molecule has 2 N–H and O–H groups in total. The lowest BCUT2D eigenvalue weighted by Crippen LogP contribution is -2.52. The molecule has 0 spiro atoms. The fraction of sp³-hybridized carbons (Fsp3) is 0.261. The van der Waals surface area contributed by atoms with Crippen LogP contribution in [-0.2, 0) is 20.8 Å². The number of benzene rings is 5. The summed E-state index contributed by atoms with van der Waals surface area (Å²) in [6, 6.07) is 42.8. The number of amides is 4. The topological polar surface area (TPSA) is 108 Å². The van der Waals surface area contributed by atoms with Gasteiger partial charge in [0.15, 0.2) is 0 Å². The van der Waals surface area contributed by atoms with Crippen molar-refractivity contribution in [3.05, 3.63) is 162 Å². The summed E-state index contributed by atoms with van der Waals surface area (Å²) in [5.41, 5.74) is 5.24. The molecule has 5 aromatic carbocycles. The number of fused-ring (bicyclic) bond motifs is 3. The Kier molecular flexibility index (Phi) is 11.7. The van der Waals surface area contributed by atoms with Crippen LogP contribution in [0.5, 0.6) is 5.75 Å². The summed E-state index contributed by atoms with van der Waals surface area (Å²) in [4.78, 5) is 59.0. The maximum Gasteiger partial charge on any atom is 0.253 e. The van der Waals surface area contributed by atoms with Gasteiger partial charge in [-0.3, -0.25) is 19.2 Å². The minimum Gasteiger partial charge on any atom is -0.491 e. The Labute approximate surface area is 322 Å². The summed E-state index contributed by atoms with van der Waals surface area (Å²) in [6.45, 7) is 0.814. The molecular formula is C46H46N4O5. The first-order valence-corrected chi connectivity index (χ1v) is 18.9. The molecule has 0 radical (unpaired) electrons. The van der Waals surface area contributed by atoms with Crippen molar-refractivity contribution in [1.29, 1.82) is 0 Å². The summed E-state index contributed by atoms with van der Waals surface area (Å²) < 4.78 is 6.25. The van der Waals surface area contributed by atoms with Crippen LogP contribution in [0.25, 0.3) is 11.1 Å². The zero-order valence-corrected chi connectivity index (χ0v) is 31.0. The Bertz CT molecular complexity index is 2050. The lowest BCUT2D eigenvalue weighted by Gasteiger charge is -2.30. The quantitative estimate of drug-likeness (QED) is 0.196. The van der Waals surface area contributed by atoms with Gasteiger partial charge in [0.2, 0.25) is 17.7 Å². The van der Waals surface area contributed by atoms with Gasteiger partial charge in [0, 0.05) is 31.7 Å². The normalized spacial score (nSPS) is 18.9. The number of nitrogens with one attached hydrogen (secondary N) is 2. The first-order chi connectivity index (χ1) is 26.8. The van der Waals surface area contributed by atoms with Crippen molar-refractivity contribution in [2.24, 2.45) is 0 Å². The van der Waals surface area contributed by atoms with E-state index < -0.39 is 12.0 Å². The summed E-state index contributed by atoms with van der Waals surface area (Å²) in [6.07, 6.45) is 1.40. The van der Waals surface area contributed by atoms with Crippen molar-refractivity contribution in [3.8, 4) is 16.9 Å². The Hall–Kier alpha value is -6.22. The molecule has 0 aromatic heterocycles. The Morgan fingerprint density at radius 1 is 0.745 bits per heavy atom. The number of carbonyl (C=O) groups is 4. The zero-order valence-electron chi connectivity index (χ0n) is 31.0. The molecule has 2 aliphatic heterocycles. The molecule has 1 saturated heterocycles. The Balaban J connectivity index is 1.11. The maximum atomic E-state index is 14.6. The molecule has 9 nitrogen and oxygen atoms in total. The van der Waals surface area contributed by atoms with Gasteiger partial charge in [0.25, 0.3) is 5.91 Å². The van der Waals surface area contributed by atoms with E-state index in [9.17, 15) is 19.2 Å². The van der Waals surface area contributed by atoms with Crippen LogP contribution in [-0.4, -0.2) is 78.3 Å². The number of hydrogen-bond acceptors (Lipinski definition) is 5. The largest absolute Gasteiger partial charge is 0.491 e. The molecule has 5 aromatic rings. The smallest absolute Gasteiger partial charge is 0.253 e. The van der Waals surface area contributed by atoms with Crippen molar-refractivity contribution < 1.29 is 23.9 Å². The fourth-order valence-corrected chi connectivity index (χ4v) is 7.62. The van der Waals surface area contributed by atoms with E-state index in [-0.39, 0.29) is 55.3 Å². The molecule has 0 saturated carbocycles. The molecule has 2 aliphatic rings. The van der Waals surface area contributed by atoms with Crippen LogP contribution in [0, 0.1) is 0 Å². The average molecular weight is 735 g/mol. The van der Waals surface area contributed by atoms with Crippen molar-refractivity contribution in [1.82, 2.24) is 20.4 Å². The van der Waals surface area contributed by atoms with Crippen molar-refractivity contribution in [2.45, 2.75) is 49.7 Å². The van der Waals surface area contributed by atoms with Crippen molar-refractivity contribution in [3.63, 3.8) is 0 Å². The van der Waals surface area contributed by atoms with Gasteiger partial charge in [-0.1, -0.05) is 121 Å². The molecule has 4 amide bonds. The van der Waals surface area contributed by atoms with Gasteiger partial charge in [0.05, 0.1) is 18.4 Å². The monoisotopic (exact) mass is 734 g/mol. The predicted molar refractivity (Wildman–Crippen MR) is 212 cm³/mol. The van der Waals surface area contributed by atoms with E-state index in [4.69, 9.17) is 4.74 Å². The number of rotatable bonds is 8. The minimum atomic E-state index is -0.835. The van der Waals surface area contributed by atoms with Crippen LogP contribution in [0.15, 0.2) is 140 Å². The molecule has 55 heavy (non-hydrogen) atoms. The first-order valence-electron chi connectivity index (χ1n) is 18.9. The third-order valence-corrected chi connectivity index (χ3v) is 10.5. The summed E-state index contributed by atoms with van der Waals surface area (Å²) in [5.74, 6) is -0.816. The number of carbonyl (C=O) groups excluding carboxylic acids is 4. The first kappa shape index (κ1) is 37.1. The van der Waals surface area contributed by atoms with Gasteiger partial charge in [-0.2, -0.15) is 0 Å². The zero-order chi connectivity index (χ0) is 38.1. The third kappa shape index (κ3) is 9.12. The fourth-order valence-electron chi connectivity index (χ4n) is 7.62. The van der Waals surface area contributed by atoms with E-state index in [0.29, 0.717) is 37.1 Å². The molecule has 280 valence electrons. The molecular weight excluding hydrogens is 689 g/mol. The van der Waals surface area contributed by atoms with Gasteiger partial charge in [-0.05, 0) is 65.3 Å². The van der Waals surface area contributed by atoms with Crippen LogP contribution < -0.4 is 15.4 Å². The van der Waals surface area contributed by atoms with Gasteiger partial charge in [0.1, 0.15) is 18.4 Å². The van der Waals surface area contributed by atoms with Crippen LogP contribution in [0.2, 0.25) is 0 Å². The van der Waals surface area contributed by atoms with E-state index in [1.54, 1.807) is 41.1 Å². The molecule has 0 unspecified atom stereocenters. The minimum absolute atomic E-state index is 0.109. The standard InChI is InChI=1S/C46H46N4O5/c1-49-26-12-21-41(48-42(51)27-32-22-24-34(25-23-32)33-13-5-2-6-14-33)46(54)50-30-38(29-39(50)31-55-40-20-11-19-37(28-40)45(49)53)47-44(52)43(35-15-7-3-8-16-35)36-17-9-4-10-18-36/h2-11,13-20,22-25,28,38-39,41,43H,12,21,26-27,29-31H2,1H3,(H,47,52)(H,48,51)/t38-,39-,41-/m0/s1. The van der Waals surface area contributed by atoms with E-state index >= 15 is 0 Å². The molecule has 3 atom stereocenters. The number of ether oxygens (including phenoxy) is 1. The second-order valence-electron chi connectivity index (χ2n) is 14.4. The highest BCUT2D eigenvalue weighted by Gasteiger charge is 2.40. The highest BCUT2D eigenvalue weighted by molar-refractivity contribution is 5.94.